The normalized spacial score (nSPS) is 11.4. The van der Waals surface area contributed by atoms with Crippen LogP contribution in [0.4, 0.5) is 0 Å². The van der Waals surface area contributed by atoms with E-state index in [4.69, 9.17) is 10.00 Å². The number of ether oxygens (including phenoxy) is 1. The third kappa shape index (κ3) is 3.85. The fourth-order valence-corrected chi connectivity index (χ4v) is 2.46. The number of nitrogens with zero attached hydrogens (tertiary/aromatic N) is 2. The Hall–Kier alpha value is -3.00. The van der Waals surface area contributed by atoms with Crippen molar-refractivity contribution in [2.24, 2.45) is 5.92 Å². The van der Waals surface area contributed by atoms with Crippen molar-refractivity contribution in [2.75, 3.05) is 7.11 Å². The summed E-state index contributed by atoms with van der Waals surface area (Å²) in [5, 5.41) is 9.16. The van der Waals surface area contributed by atoms with E-state index in [9.17, 15) is 9.59 Å². The second-order valence-corrected chi connectivity index (χ2v) is 5.31. The van der Waals surface area contributed by atoms with Crippen LogP contribution < -0.4 is 0 Å². The molecule has 1 atom stereocenters. The molecule has 0 aliphatic rings. The van der Waals surface area contributed by atoms with Crippen LogP contribution in [0.15, 0.2) is 42.6 Å². The molecule has 0 amide bonds. The minimum absolute atomic E-state index is 0.152. The molecule has 1 aromatic carbocycles. The Kier molecular flexibility index (Phi) is 5.80. The molecular formula is C19H18N2O3. The third-order valence-corrected chi connectivity index (χ3v) is 3.81. The molecule has 1 unspecified atom stereocenters. The minimum Gasteiger partial charge on any atom is -0.468 e. The van der Waals surface area contributed by atoms with Crippen LogP contribution in [0.5, 0.6) is 0 Å². The van der Waals surface area contributed by atoms with Gasteiger partial charge in [-0.2, -0.15) is 5.26 Å². The van der Waals surface area contributed by atoms with E-state index in [-0.39, 0.29) is 18.6 Å². The van der Waals surface area contributed by atoms with Crippen LogP contribution in [-0.2, 0) is 20.7 Å². The first-order valence-corrected chi connectivity index (χ1v) is 7.65. The number of ketones is 1. The lowest BCUT2D eigenvalue weighted by atomic mass is 9.94. The molecule has 0 N–H and O–H groups in total. The van der Waals surface area contributed by atoms with E-state index in [0.717, 1.165) is 11.1 Å². The number of esters is 1. The van der Waals surface area contributed by atoms with E-state index in [1.54, 1.807) is 31.3 Å². The zero-order chi connectivity index (χ0) is 17.5. The maximum absolute atomic E-state index is 11.9. The SMILES string of the molecule is CCC(=O)C(Cc1ccc(-c2ccccc2C#N)nc1)C(=O)OC. The molecule has 1 aromatic heterocycles. The largest absolute Gasteiger partial charge is 0.468 e. The molecule has 0 aliphatic carbocycles. The van der Waals surface area contributed by atoms with Gasteiger partial charge in [-0.25, -0.2) is 0 Å². The predicted molar refractivity (Wildman–Crippen MR) is 88.9 cm³/mol. The van der Waals surface area contributed by atoms with Crippen molar-refractivity contribution in [2.45, 2.75) is 19.8 Å². The lowest BCUT2D eigenvalue weighted by molar-refractivity contribution is -0.149. The summed E-state index contributed by atoms with van der Waals surface area (Å²) in [6.45, 7) is 1.72. The quantitative estimate of drug-likeness (QED) is 0.603. The summed E-state index contributed by atoms with van der Waals surface area (Å²) in [4.78, 5) is 28.1. The standard InChI is InChI=1S/C19H18N2O3/c1-3-18(22)16(19(23)24-2)10-13-8-9-17(21-12-13)15-7-5-4-6-14(15)11-20/h4-9,12,16H,3,10H2,1-2H3. The van der Waals surface area contributed by atoms with Crippen LogP contribution in [0.1, 0.15) is 24.5 Å². The maximum Gasteiger partial charge on any atom is 0.316 e. The van der Waals surface area contributed by atoms with Gasteiger partial charge in [0.15, 0.2) is 0 Å². The van der Waals surface area contributed by atoms with Gasteiger partial charge in [0.25, 0.3) is 0 Å². The molecule has 0 radical (unpaired) electrons. The summed E-state index contributed by atoms with van der Waals surface area (Å²) in [7, 11) is 1.28. The average Bonchev–Trinajstić information content (AvgIpc) is 2.65. The Morgan fingerprint density at radius 3 is 2.58 bits per heavy atom. The van der Waals surface area contributed by atoms with Crippen LogP contribution in [0.3, 0.4) is 0 Å². The molecule has 0 aliphatic heterocycles. The van der Waals surface area contributed by atoms with Crippen LogP contribution in [-0.4, -0.2) is 23.8 Å². The number of hydrogen-bond acceptors (Lipinski definition) is 5. The zero-order valence-corrected chi connectivity index (χ0v) is 13.7. The molecule has 0 saturated heterocycles. The Morgan fingerprint density at radius 2 is 2.00 bits per heavy atom. The van der Waals surface area contributed by atoms with E-state index >= 15 is 0 Å². The van der Waals surface area contributed by atoms with E-state index < -0.39 is 11.9 Å². The first kappa shape index (κ1) is 17.4. The summed E-state index contributed by atoms with van der Waals surface area (Å²) >= 11 is 0. The molecule has 5 heteroatoms. The van der Waals surface area contributed by atoms with Crippen LogP contribution >= 0.6 is 0 Å². The summed E-state index contributed by atoms with van der Waals surface area (Å²) in [6, 6.07) is 13.0. The number of rotatable bonds is 6. The highest BCUT2D eigenvalue weighted by Crippen LogP contribution is 2.22. The van der Waals surface area contributed by atoms with Gasteiger partial charge >= 0.3 is 5.97 Å². The number of carbonyl (C=O) groups excluding carboxylic acids is 2. The fourth-order valence-electron chi connectivity index (χ4n) is 2.46. The Morgan fingerprint density at radius 1 is 1.25 bits per heavy atom. The zero-order valence-electron chi connectivity index (χ0n) is 13.7. The van der Waals surface area contributed by atoms with E-state index in [2.05, 4.69) is 11.1 Å². The fraction of sp³-hybridized carbons (Fsp3) is 0.263. The summed E-state index contributed by atoms with van der Waals surface area (Å²) in [5.74, 6) is -1.49. The lowest BCUT2D eigenvalue weighted by Crippen LogP contribution is -2.27. The van der Waals surface area contributed by atoms with Crippen LogP contribution in [0.25, 0.3) is 11.3 Å². The second kappa shape index (κ2) is 8.02. The van der Waals surface area contributed by atoms with Crippen molar-refractivity contribution >= 4 is 11.8 Å². The number of methoxy groups -OCH3 is 1. The van der Waals surface area contributed by atoms with Crippen LogP contribution in [0, 0.1) is 17.2 Å². The first-order chi connectivity index (χ1) is 11.6. The Labute approximate surface area is 140 Å². The molecule has 1 heterocycles. The van der Waals surface area contributed by atoms with E-state index in [1.165, 1.54) is 7.11 Å². The smallest absolute Gasteiger partial charge is 0.316 e. The molecular weight excluding hydrogens is 304 g/mol. The monoisotopic (exact) mass is 322 g/mol. The molecule has 2 rings (SSSR count). The number of benzene rings is 1. The lowest BCUT2D eigenvalue weighted by Gasteiger charge is -2.13. The van der Waals surface area contributed by atoms with Gasteiger partial charge in [-0.3, -0.25) is 14.6 Å². The van der Waals surface area contributed by atoms with Gasteiger partial charge in [-0.05, 0) is 24.1 Å². The third-order valence-electron chi connectivity index (χ3n) is 3.81. The number of nitriles is 1. The van der Waals surface area contributed by atoms with Gasteiger partial charge in [-0.15, -0.1) is 0 Å². The van der Waals surface area contributed by atoms with E-state index in [0.29, 0.717) is 11.3 Å². The highest BCUT2D eigenvalue weighted by molar-refractivity contribution is 5.99. The number of pyridine rings is 1. The van der Waals surface area contributed by atoms with Gasteiger partial charge in [-0.1, -0.05) is 31.2 Å². The van der Waals surface area contributed by atoms with Crippen molar-refractivity contribution in [1.29, 1.82) is 5.26 Å². The van der Waals surface area contributed by atoms with Crippen molar-refractivity contribution in [3.63, 3.8) is 0 Å². The molecule has 2 aromatic rings. The average molecular weight is 322 g/mol. The first-order valence-electron chi connectivity index (χ1n) is 7.65. The van der Waals surface area contributed by atoms with E-state index in [1.807, 2.05) is 18.2 Å². The maximum atomic E-state index is 11.9. The van der Waals surface area contributed by atoms with Gasteiger partial charge in [0.2, 0.25) is 0 Å². The number of aromatic nitrogens is 1. The molecule has 0 bridgehead atoms. The number of carbonyl (C=O) groups is 2. The topological polar surface area (TPSA) is 80.0 Å². The molecule has 0 saturated carbocycles. The number of Topliss-reactive ketones (excluding diaryl/α,β-unsaturated/α-hetero) is 1. The van der Waals surface area contributed by atoms with Gasteiger partial charge in [0.1, 0.15) is 11.7 Å². The van der Waals surface area contributed by atoms with Gasteiger partial charge in [0.05, 0.1) is 24.4 Å². The predicted octanol–water partition coefficient (Wildman–Crippen LogP) is 2.93. The summed E-state index contributed by atoms with van der Waals surface area (Å²) in [6.07, 6.45) is 2.16. The summed E-state index contributed by atoms with van der Waals surface area (Å²) < 4.78 is 4.71. The molecule has 0 fully saturated rings. The Balaban J connectivity index is 2.24. The van der Waals surface area contributed by atoms with Crippen LogP contribution in [0.2, 0.25) is 0 Å². The summed E-state index contributed by atoms with van der Waals surface area (Å²) in [5.41, 5.74) is 2.74. The Bertz CT molecular complexity index is 760. The minimum atomic E-state index is -0.806. The highest BCUT2D eigenvalue weighted by atomic mass is 16.5. The molecule has 24 heavy (non-hydrogen) atoms. The second-order valence-electron chi connectivity index (χ2n) is 5.31. The highest BCUT2D eigenvalue weighted by Gasteiger charge is 2.26. The van der Waals surface area contributed by atoms with Crippen molar-refractivity contribution in [3.05, 3.63) is 53.7 Å². The van der Waals surface area contributed by atoms with Crippen molar-refractivity contribution in [3.8, 4) is 17.3 Å². The molecule has 5 nitrogen and oxygen atoms in total. The number of hydrogen-bond donors (Lipinski definition) is 0. The van der Waals surface area contributed by atoms with Crippen molar-refractivity contribution < 1.29 is 14.3 Å². The molecule has 122 valence electrons. The molecule has 0 spiro atoms. The van der Waals surface area contributed by atoms with Crippen molar-refractivity contribution in [1.82, 2.24) is 4.98 Å². The van der Waals surface area contributed by atoms with Gasteiger partial charge < -0.3 is 4.74 Å². The van der Waals surface area contributed by atoms with Gasteiger partial charge in [0, 0.05) is 18.2 Å².